The molecule has 2 aromatic carbocycles. The third-order valence-electron chi connectivity index (χ3n) is 4.19. The number of carbonyl (C=O) groups excluding carboxylic acids is 1. The molecule has 120 valence electrons. The molecule has 0 N–H and O–H groups in total. The fraction of sp³-hybridized carbons (Fsp3) is 0.150. The zero-order valence-electron chi connectivity index (χ0n) is 13.4. The SMILES string of the molecule is COc1ccc2c(c1)O/C(=C\C1=Cc3ccccc3O[C@H]1C)C2=O. The average Bonchev–Trinajstić information content (AvgIpc) is 2.90. The highest BCUT2D eigenvalue weighted by Gasteiger charge is 2.29. The van der Waals surface area contributed by atoms with Crippen molar-refractivity contribution in [1.82, 2.24) is 0 Å². The van der Waals surface area contributed by atoms with E-state index in [0.29, 0.717) is 22.8 Å². The Bertz CT molecular complexity index is 892. The second-order valence-electron chi connectivity index (χ2n) is 5.74. The van der Waals surface area contributed by atoms with Crippen molar-refractivity contribution in [2.75, 3.05) is 7.11 Å². The molecule has 4 nitrogen and oxygen atoms in total. The lowest BCUT2D eigenvalue weighted by Crippen LogP contribution is -2.18. The quantitative estimate of drug-likeness (QED) is 0.784. The number of rotatable bonds is 2. The average molecular weight is 320 g/mol. The van der Waals surface area contributed by atoms with Gasteiger partial charge >= 0.3 is 0 Å². The van der Waals surface area contributed by atoms with Gasteiger partial charge in [-0.15, -0.1) is 0 Å². The molecule has 0 saturated heterocycles. The number of ketones is 1. The summed E-state index contributed by atoms with van der Waals surface area (Å²) in [5.74, 6) is 2.21. The van der Waals surface area contributed by atoms with Crippen LogP contribution < -0.4 is 14.2 Å². The smallest absolute Gasteiger partial charge is 0.231 e. The van der Waals surface area contributed by atoms with E-state index in [2.05, 4.69) is 0 Å². The molecule has 1 atom stereocenters. The predicted molar refractivity (Wildman–Crippen MR) is 90.5 cm³/mol. The van der Waals surface area contributed by atoms with Gasteiger partial charge < -0.3 is 14.2 Å². The third-order valence-corrected chi connectivity index (χ3v) is 4.19. The van der Waals surface area contributed by atoms with Crippen LogP contribution in [0.5, 0.6) is 17.2 Å². The first-order valence-electron chi connectivity index (χ1n) is 7.75. The highest BCUT2D eigenvalue weighted by Crippen LogP contribution is 2.36. The Morgan fingerprint density at radius 1 is 1.12 bits per heavy atom. The van der Waals surface area contributed by atoms with Gasteiger partial charge in [-0.05, 0) is 42.8 Å². The van der Waals surface area contributed by atoms with Crippen molar-refractivity contribution in [2.45, 2.75) is 13.0 Å². The standard InChI is InChI=1S/C20H16O4/c1-12-14(9-13-5-3-4-6-17(13)23-12)10-19-20(21)16-8-7-15(22-2)11-18(16)24-19/h3-12H,1-2H3/b19-10-/t12-/m0/s1. The highest BCUT2D eigenvalue weighted by molar-refractivity contribution is 6.12. The molecule has 0 spiro atoms. The van der Waals surface area contributed by atoms with Gasteiger partial charge in [0.1, 0.15) is 23.4 Å². The van der Waals surface area contributed by atoms with E-state index in [1.54, 1.807) is 31.4 Å². The van der Waals surface area contributed by atoms with Gasteiger partial charge in [0.2, 0.25) is 5.78 Å². The number of para-hydroxylation sites is 1. The highest BCUT2D eigenvalue weighted by atomic mass is 16.5. The molecule has 2 aliphatic heterocycles. The van der Waals surface area contributed by atoms with Gasteiger partial charge in [0.05, 0.1) is 12.7 Å². The summed E-state index contributed by atoms with van der Waals surface area (Å²) in [4.78, 5) is 12.5. The van der Waals surface area contributed by atoms with Crippen LogP contribution in [0.15, 0.2) is 59.9 Å². The molecule has 0 bridgehead atoms. The van der Waals surface area contributed by atoms with Crippen molar-refractivity contribution < 1.29 is 19.0 Å². The fourth-order valence-electron chi connectivity index (χ4n) is 2.87. The number of hydrogen-bond acceptors (Lipinski definition) is 4. The number of ether oxygens (including phenoxy) is 3. The van der Waals surface area contributed by atoms with Crippen molar-refractivity contribution >= 4 is 11.9 Å². The minimum atomic E-state index is -0.151. The number of hydrogen-bond donors (Lipinski definition) is 0. The van der Waals surface area contributed by atoms with Gasteiger partial charge in [-0.1, -0.05) is 18.2 Å². The van der Waals surface area contributed by atoms with Crippen LogP contribution in [0, 0.1) is 0 Å². The topological polar surface area (TPSA) is 44.8 Å². The minimum Gasteiger partial charge on any atom is -0.497 e. The Morgan fingerprint density at radius 3 is 2.79 bits per heavy atom. The van der Waals surface area contributed by atoms with Gasteiger partial charge in [0, 0.05) is 11.6 Å². The summed E-state index contributed by atoms with van der Waals surface area (Å²) >= 11 is 0. The normalized spacial score (nSPS) is 19.9. The van der Waals surface area contributed by atoms with E-state index >= 15 is 0 Å². The molecule has 4 rings (SSSR count). The van der Waals surface area contributed by atoms with Crippen molar-refractivity contribution in [3.63, 3.8) is 0 Å². The third kappa shape index (κ3) is 2.36. The maximum absolute atomic E-state index is 12.5. The summed E-state index contributed by atoms with van der Waals surface area (Å²) in [7, 11) is 1.58. The van der Waals surface area contributed by atoms with Gasteiger partial charge in [0.15, 0.2) is 5.76 Å². The van der Waals surface area contributed by atoms with E-state index in [0.717, 1.165) is 16.9 Å². The van der Waals surface area contributed by atoms with Crippen LogP contribution in [-0.4, -0.2) is 19.0 Å². The molecule has 24 heavy (non-hydrogen) atoms. The lowest BCUT2D eigenvalue weighted by Gasteiger charge is -2.22. The molecule has 2 heterocycles. The largest absolute Gasteiger partial charge is 0.497 e. The maximum atomic E-state index is 12.5. The number of benzene rings is 2. The molecule has 0 saturated carbocycles. The van der Waals surface area contributed by atoms with E-state index in [1.165, 1.54) is 0 Å². The van der Waals surface area contributed by atoms with Gasteiger partial charge in [-0.2, -0.15) is 0 Å². The van der Waals surface area contributed by atoms with Gasteiger partial charge in [0.25, 0.3) is 0 Å². The monoisotopic (exact) mass is 320 g/mol. The molecule has 2 aromatic rings. The maximum Gasteiger partial charge on any atom is 0.231 e. The van der Waals surface area contributed by atoms with E-state index in [1.807, 2.05) is 37.3 Å². The molecule has 0 aromatic heterocycles. The van der Waals surface area contributed by atoms with Crippen LogP contribution in [0.3, 0.4) is 0 Å². The molecular weight excluding hydrogens is 304 g/mol. The summed E-state index contributed by atoms with van der Waals surface area (Å²) in [5.41, 5.74) is 2.44. The Balaban J connectivity index is 1.70. The summed E-state index contributed by atoms with van der Waals surface area (Å²) in [5, 5.41) is 0. The van der Waals surface area contributed by atoms with Crippen LogP contribution in [0.4, 0.5) is 0 Å². The Morgan fingerprint density at radius 2 is 1.96 bits per heavy atom. The zero-order chi connectivity index (χ0) is 16.7. The first-order valence-corrected chi connectivity index (χ1v) is 7.75. The second kappa shape index (κ2) is 5.57. The second-order valence-corrected chi connectivity index (χ2v) is 5.74. The van der Waals surface area contributed by atoms with Crippen molar-refractivity contribution in [1.29, 1.82) is 0 Å². The molecule has 0 unspecified atom stereocenters. The molecule has 0 radical (unpaired) electrons. The number of carbonyl (C=O) groups is 1. The summed E-state index contributed by atoms with van der Waals surface area (Å²) < 4.78 is 16.8. The molecule has 0 fully saturated rings. The molecular formula is C20H16O4. The van der Waals surface area contributed by atoms with Crippen molar-refractivity contribution in [3.05, 3.63) is 71.0 Å². The number of allylic oxidation sites excluding steroid dienone is 1. The predicted octanol–water partition coefficient (Wildman–Crippen LogP) is 4.02. The van der Waals surface area contributed by atoms with Crippen molar-refractivity contribution in [3.8, 4) is 17.2 Å². The fourth-order valence-corrected chi connectivity index (χ4v) is 2.87. The molecule has 4 heteroatoms. The zero-order valence-corrected chi connectivity index (χ0v) is 13.4. The first-order chi connectivity index (χ1) is 11.7. The van der Waals surface area contributed by atoms with E-state index in [4.69, 9.17) is 14.2 Å². The summed E-state index contributed by atoms with van der Waals surface area (Å²) in [6.45, 7) is 1.95. The van der Waals surface area contributed by atoms with Crippen LogP contribution in [0.1, 0.15) is 22.8 Å². The number of methoxy groups -OCH3 is 1. The van der Waals surface area contributed by atoms with Crippen LogP contribution in [0.2, 0.25) is 0 Å². The van der Waals surface area contributed by atoms with Crippen molar-refractivity contribution in [2.24, 2.45) is 0 Å². The van der Waals surface area contributed by atoms with Gasteiger partial charge in [-0.25, -0.2) is 0 Å². The van der Waals surface area contributed by atoms with Crippen LogP contribution in [-0.2, 0) is 0 Å². The minimum absolute atomic E-state index is 0.125. The summed E-state index contributed by atoms with van der Waals surface area (Å²) in [6.07, 6.45) is 3.63. The molecule has 0 aliphatic carbocycles. The first kappa shape index (κ1) is 14.6. The summed E-state index contributed by atoms with van der Waals surface area (Å²) in [6, 6.07) is 13.0. The van der Waals surface area contributed by atoms with Crippen LogP contribution in [0.25, 0.3) is 6.08 Å². The van der Waals surface area contributed by atoms with Gasteiger partial charge in [-0.3, -0.25) is 4.79 Å². The Labute approximate surface area is 140 Å². The van der Waals surface area contributed by atoms with E-state index in [-0.39, 0.29) is 11.9 Å². The van der Waals surface area contributed by atoms with E-state index < -0.39 is 0 Å². The molecule has 0 amide bonds. The van der Waals surface area contributed by atoms with Crippen LogP contribution >= 0.6 is 0 Å². The lowest BCUT2D eigenvalue weighted by atomic mass is 10.0. The Hall–Kier alpha value is -3.01. The number of Topliss-reactive ketones (excluding diaryl/α,β-unsaturated/α-hetero) is 1. The number of fused-ring (bicyclic) bond motifs is 2. The lowest BCUT2D eigenvalue weighted by molar-refractivity contribution is 0.101. The Kier molecular flexibility index (Phi) is 3.38. The van der Waals surface area contributed by atoms with E-state index in [9.17, 15) is 4.79 Å². The molecule has 2 aliphatic rings.